The monoisotopic (exact) mass is 279 g/mol. The van der Waals surface area contributed by atoms with Crippen molar-refractivity contribution in [3.63, 3.8) is 0 Å². The molecule has 1 rings (SSSR count). The Hall–Kier alpha value is -1.20. The van der Waals surface area contributed by atoms with Gasteiger partial charge in [0, 0.05) is 5.56 Å². The summed E-state index contributed by atoms with van der Waals surface area (Å²) in [5.41, 5.74) is 4.26. The summed E-state index contributed by atoms with van der Waals surface area (Å²) in [7, 11) is 1.20. The third-order valence-electron chi connectivity index (χ3n) is 2.80. The van der Waals surface area contributed by atoms with Crippen LogP contribution in [0.3, 0.4) is 0 Å². The van der Waals surface area contributed by atoms with Crippen molar-refractivity contribution in [2.75, 3.05) is 7.11 Å². The summed E-state index contributed by atoms with van der Waals surface area (Å²) in [4.78, 5) is 11.5. The highest BCUT2D eigenvalue weighted by Gasteiger charge is 2.39. The van der Waals surface area contributed by atoms with Crippen LogP contribution < -0.4 is 5.73 Å². The smallest absolute Gasteiger partial charge is 0.313 e. The highest BCUT2D eigenvalue weighted by atomic mass is 35.5. The predicted molar refractivity (Wildman–Crippen MR) is 66.3 cm³/mol. The number of carbonyl (C=O) groups is 1. The summed E-state index contributed by atoms with van der Waals surface area (Å²) in [6, 6.07) is 2.33. The number of carbonyl (C=O) groups excluding carboxylic acids is 1. The number of hydrogen-bond donors (Lipinski definition) is 1. The molecule has 102 valence electrons. The van der Waals surface area contributed by atoms with Gasteiger partial charge in [0.05, 0.1) is 18.6 Å². The lowest BCUT2D eigenvalue weighted by molar-refractivity contribution is -0.152. The number of halogens is 3. The van der Waals surface area contributed by atoms with E-state index >= 15 is 0 Å². The molecule has 3 nitrogen and oxygen atoms in total. The highest BCUT2D eigenvalue weighted by molar-refractivity contribution is 5.85. The number of methoxy groups -OCH3 is 1. The number of benzene rings is 1. The molecule has 0 saturated heterocycles. The number of rotatable bonds is 3. The zero-order valence-electron chi connectivity index (χ0n) is 10.4. The second-order valence-corrected chi connectivity index (χ2v) is 4.33. The van der Waals surface area contributed by atoms with Crippen molar-refractivity contribution in [3.8, 4) is 0 Å². The van der Waals surface area contributed by atoms with E-state index in [4.69, 9.17) is 5.73 Å². The van der Waals surface area contributed by atoms with Crippen LogP contribution >= 0.6 is 12.4 Å². The Morgan fingerprint density at radius 1 is 1.33 bits per heavy atom. The Morgan fingerprint density at radius 3 is 2.17 bits per heavy atom. The average molecular weight is 280 g/mol. The van der Waals surface area contributed by atoms with Crippen molar-refractivity contribution in [1.29, 1.82) is 0 Å². The van der Waals surface area contributed by atoms with Crippen LogP contribution in [-0.4, -0.2) is 13.1 Å². The molecular formula is C12H16ClF2NO2. The van der Waals surface area contributed by atoms with Gasteiger partial charge in [-0.2, -0.15) is 0 Å². The molecule has 1 aromatic rings. The SMILES string of the molecule is COC(=O)C(C)(C)[C@H](N)c1c(F)cccc1F.Cl. The molecule has 0 bridgehead atoms. The normalized spacial score (nSPS) is 12.6. The van der Waals surface area contributed by atoms with Crippen molar-refractivity contribution in [2.45, 2.75) is 19.9 Å². The fourth-order valence-electron chi connectivity index (χ4n) is 1.56. The van der Waals surface area contributed by atoms with Crippen LogP contribution in [0.2, 0.25) is 0 Å². The van der Waals surface area contributed by atoms with Gasteiger partial charge < -0.3 is 10.5 Å². The number of esters is 1. The minimum absolute atomic E-state index is 0. The van der Waals surface area contributed by atoms with Crippen molar-refractivity contribution in [1.82, 2.24) is 0 Å². The molecule has 0 radical (unpaired) electrons. The number of hydrogen-bond acceptors (Lipinski definition) is 3. The van der Waals surface area contributed by atoms with Gasteiger partial charge in [-0.15, -0.1) is 12.4 Å². The molecule has 0 saturated carbocycles. The standard InChI is InChI=1S/C12H15F2NO2.ClH/c1-12(2,11(16)17-3)10(15)9-7(13)5-4-6-8(9)14;/h4-6,10H,15H2,1-3H3;1H/t10-;/m1./s1. The van der Waals surface area contributed by atoms with Gasteiger partial charge in [0.2, 0.25) is 0 Å². The summed E-state index contributed by atoms with van der Waals surface area (Å²) in [5, 5.41) is 0. The molecule has 0 heterocycles. The summed E-state index contributed by atoms with van der Waals surface area (Å²) >= 11 is 0. The summed E-state index contributed by atoms with van der Waals surface area (Å²) < 4.78 is 31.6. The fourth-order valence-corrected chi connectivity index (χ4v) is 1.56. The van der Waals surface area contributed by atoms with Gasteiger partial charge in [-0.05, 0) is 26.0 Å². The van der Waals surface area contributed by atoms with Gasteiger partial charge in [0.15, 0.2) is 0 Å². The van der Waals surface area contributed by atoms with Crippen LogP contribution in [-0.2, 0) is 9.53 Å². The van der Waals surface area contributed by atoms with Crippen LogP contribution in [0.5, 0.6) is 0 Å². The third-order valence-corrected chi connectivity index (χ3v) is 2.80. The quantitative estimate of drug-likeness (QED) is 0.865. The number of ether oxygens (including phenoxy) is 1. The molecule has 0 aliphatic heterocycles. The molecule has 0 aromatic heterocycles. The highest BCUT2D eigenvalue weighted by Crippen LogP contribution is 2.34. The van der Waals surface area contributed by atoms with Crippen LogP contribution in [0.1, 0.15) is 25.5 Å². The molecule has 0 spiro atoms. The van der Waals surface area contributed by atoms with E-state index in [1.807, 2.05) is 0 Å². The van der Waals surface area contributed by atoms with E-state index in [0.29, 0.717) is 0 Å². The zero-order chi connectivity index (χ0) is 13.2. The molecule has 0 amide bonds. The maximum absolute atomic E-state index is 13.5. The molecule has 0 aliphatic rings. The maximum atomic E-state index is 13.5. The molecule has 0 aliphatic carbocycles. The Labute approximate surface area is 111 Å². The topological polar surface area (TPSA) is 52.3 Å². The van der Waals surface area contributed by atoms with E-state index in [1.165, 1.54) is 27.0 Å². The van der Waals surface area contributed by atoms with E-state index in [9.17, 15) is 13.6 Å². The molecule has 1 aromatic carbocycles. The minimum Gasteiger partial charge on any atom is -0.469 e. The van der Waals surface area contributed by atoms with Crippen molar-refractivity contribution >= 4 is 18.4 Å². The second kappa shape index (κ2) is 6.11. The van der Waals surface area contributed by atoms with Crippen molar-refractivity contribution in [3.05, 3.63) is 35.4 Å². The van der Waals surface area contributed by atoms with Gasteiger partial charge in [-0.25, -0.2) is 8.78 Å². The third kappa shape index (κ3) is 2.97. The van der Waals surface area contributed by atoms with E-state index < -0.39 is 29.1 Å². The summed E-state index contributed by atoms with van der Waals surface area (Å²) in [6.07, 6.45) is 0. The van der Waals surface area contributed by atoms with Gasteiger partial charge in [-0.3, -0.25) is 4.79 Å². The van der Waals surface area contributed by atoms with E-state index in [-0.39, 0.29) is 18.0 Å². The molecule has 0 unspecified atom stereocenters. The van der Waals surface area contributed by atoms with Crippen LogP contribution in [0.4, 0.5) is 8.78 Å². The van der Waals surface area contributed by atoms with Gasteiger partial charge in [0.1, 0.15) is 11.6 Å². The molecule has 1 atom stereocenters. The number of nitrogens with two attached hydrogens (primary N) is 1. The Morgan fingerprint density at radius 2 is 1.78 bits per heavy atom. The lowest BCUT2D eigenvalue weighted by Crippen LogP contribution is -2.38. The lowest BCUT2D eigenvalue weighted by atomic mass is 9.80. The molecule has 2 N–H and O–H groups in total. The first-order chi connectivity index (χ1) is 7.82. The van der Waals surface area contributed by atoms with Crippen LogP contribution in [0, 0.1) is 17.0 Å². The summed E-state index contributed by atoms with van der Waals surface area (Å²) in [6.45, 7) is 2.96. The van der Waals surface area contributed by atoms with E-state index in [2.05, 4.69) is 4.74 Å². The average Bonchev–Trinajstić information content (AvgIpc) is 2.27. The van der Waals surface area contributed by atoms with E-state index in [0.717, 1.165) is 12.1 Å². The van der Waals surface area contributed by atoms with E-state index in [1.54, 1.807) is 0 Å². The second-order valence-electron chi connectivity index (χ2n) is 4.33. The molecule has 6 heteroatoms. The maximum Gasteiger partial charge on any atom is 0.313 e. The Bertz CT molecular complexity index is 418. The zero-order valence-corrected chi connectivity index (χ0v) is 11.2. The Kier molecular flexibility index (Phi) is 5.70. The first kappa shape index (κ1) is 16.8. The molecule has 0 fully saturated rings. The lowest BCUT2D eigenvalue weighted by Gasteiger charge is -2.29. The van der Waals surface area contributed by atoms with Gasteiger partial charge in [0.25, 0.3) is 0 Å². The first-order valence-electron chi connectivity index (χ1n) is 5.10. The van der Waals surface area contributed by atoms with Gasteiger partial charge in [-0.1, -0.05) is 6.07 Å². The summed E-state index contributed by atoms with van der Waals surface area (Å²) in [5.74, 6) is -2.16. The first-order valence-corrected chi connectivity index (χ1v) is 5.10. The molecule has 18 heavy (non-hydrogen) atoms. The minimum atomic E-state index is -1.21. The van der Waals surface area contributed by atoms with Crippen molar-refractivity contribution < 1.29 is 18.3 Å². The fraction of sp³-hybridized carbons (Fsp3) is 0.417. The largest absolute Gasteiger partial charge is 0.469 e. The molecular weight excluding hydrogens is 264 g/mol. The van der Waals surface area contributed by atoms with Gasteiger partial charge >= 0.3 is 5.97 Å². The Balaban J connectivity index is 0.00000289. The predicted octanol–water partition coefficient (Wildman–Crippen LogP) is 2.59. The van der Waals surface area contributed by atoms with Crippen LogP contribution in [0.15, 0.2) is 18.2 Å². The van der Waals surface area contributed by atoms with Crippen LogP contribution in [0.25, 0.3) is 0 Å². The van der Waals surface area contributed by atoms with Crippen molar-refractivity contribution in [2.24, 2.45) is 11.1 Å².